The Morgan fingerprint density at radius 2 is 2.30 bits per heavy atom. The van der Waals surface area contributed by atoms with Gasteiger partial charge >= 0.3 is 0 Å². The minimum Gasteiger partial charge on any atom is -0.397 e. The normalized spacial score (nSPS) is 10.5. The van der Waals surface area contributed by atoms with Crippen LogP contribution in [-0.2, 0) is 13.1 Å². The van der Waals surface area contributed by atoms with Gasteiger partial charge in [-0.2, -0.15) is 0 Å². The number of rotatable bonds is 5. The van der Waals surface area contributed by atoms with Gasteiger partial charge in [-0.25, -0.2) is 0 Å². The Kier molecular flexibility index (Phi) is 4.40. The van der Waals surface area contributed by atoms with Gasteiger partial charge in [-0.05, 0) is 31.0 Å². The zero-order chi connectivity index (χ0) is 14.5. The average Bonchev–Trinajstić information content (AvgIpc) is 2.79. The maximum Gasteiger partial charge on any atom is 0.268 e. The molecule has 0 spiro atoms. The first-order valence-electron chi connectivity index (χ1n) is 6.76. The molecule has 0 aliphatic rings. The van der Waals surface area contributed by atoms with E-state index < -0.39 is 0 Å². The second-order valence-corrected chi connectivity index (χ2v) is 4.80. The van der Waals surface area contributed by atoms with Crippen LogP contribution in [0.2, 0.25) is 0 Å². The van der Waals surface area contributed by atoms with Crippen molar-refractivity contribution in [2.24, 2.45) is 0 Å². The van der Waals surface area contributed by atoms with Gasteiger partial charge in [-0.15, -0.1) is 0 Å². The van der Waals surface area contributed by atoms with Crippen molar-refractivity contribution < 1.29 is 4.79 Å². The molecule has 3 N–H and O–H groups in total. The summed E-state index contributed by atoms with van der Waals surface area (Å²) in [5.41, 5.74) is 8.91. The standard InChI is InChI=1S/C15H20N4O/c1-3-7-19-10-12(16)8-14(19)15(20)18-9-13-11(2)5-4-6-17-13/h4-6,8,10H,3,7,9,16H2,1-2H3,(H,18,20). The van der Waals surface area contributed by atoms with Crippen LogP contribution in [0, 0.1) is 6.92 Å². The number of carbonyl (C=O) groups is 1. The molecule has 0 saturated carbocycles. The monoisotopic (exact) mass is 272 g/mol. The molecule has 5 nitrogen and oxygen atoms in total. The minimum absolute atomic E-state index is 0.125. The lowest BCUT2D eigenvalue weighted by Crippen LogP contribution is -2.26. The summed E-state index contributed by atoms with van der Waals surface area (Å²) in [7, 11) is 0. The third-order valence-electron chi connectivity index (χ3n) is 3.15. The molecule has 0 fully saturated rings. The van der Waals surface area contributed by atoms with Crippen LogP contribution in [-0.4, -0.2) is 15.5 Å². The number of nitrogen functional groups attached to an aromatic ring is 1. The highest BCUT2D eigenvalue weighted by Gasteiger charge is 2.12. The third-order valence-corrected chi connectivity index (χ3v) is 3.15. The van der Waals surface area contributed by atoms with Crippen LogP contribution < -0.4 is 11.1 Å². The largest absolute Gasteiger partial charge is 0.397 e. The summed E-state index contributed by atoms with van der Waals surface area (Å²) in [6.45, 7) is 5.24. The smallest absolute Gasteiger partial charge is 0.268 e. The van der Waals surface area contributed by atoms with E-state index in [0.29, 0.717) is 17.9 Å². The van der Waals surface area contributed by atoms with Crippen molar-refractivity contribution in [3.8, 4) is 0 Å². The Morgan fingerprint density at radius 3 is 3.00 bits per heavy atom. The Labute approximate surface area is 118 Å². The Balaban J connectivity index is 2.07. The molecule has 0 unspecified atom stereocenters. The van der Waals surface area contributed by atoms with E-state index in [2.05, 4.69) is 17.2 Å². The van der Waals surface area contributed by atoms with Crippen LogP contribution in [0.5, 0.6) is 0 Å². The third kappa shape index (κ3) is 3.17. The number of nitrogens with zero attached hydrogens (tertiary/aromatic N) is 2. The Hall–Kier alpha value is -2.30. The molecular weight excluding hydrogens is 252 g/mol. The maximum absolute atomic E-state index is 12.2. The van der Waals surface area contributed by atoms with E-state index in [9.17, 15) is 4.79 Å². The summed E-state index contributed by atoms with van der Waals surface area (Å²) in [5, 5.41) is 2.89. The zero-order valence-corrected chi connectivity index (χ0v) is 11.9. The van der Waals surface area contributed by atoms with Gasteiger partial charge in [0.15, 0.2) is 0 Å². The molecule has 0 bridgehead atoms. The maximum atomic E-state index is 12.2. The van der Waals surface area contributed by atoms with Crippen LogP contribution in [0.3, 0.4) is 0 Å². The lowest BCUT2D eigenvalue weighted by Gasteiger charge is -2.09. The lowest BCUT2D eigenvalue weighted by molar-refractivity contribution is 0.0941. The molecule has 2 heterocycles. The predicted molar refractivity (Wildman–Crippen MR) is 79.3 cm³/mol. The molecule has 5 heteroatoms. The Bertz CT molecular complexity index is 604. The first-order chi connectivity index (χ1) is 9.61. The summed E-state index contributed by atoms with van der Waals surface area (Å²) < 4.78 is 1.88. The number of aromatic nitrogens is 2. The number of nitrogens with one attached hydrogen (secondary N) is 1. The number of aryl methyl sites for hydroxylation is 2. The van der Waals surface area contributed by atoms with Crippen LogP contribution >= 0.6 is 0 Å². The Morgan fingerprint density at radius 1 is 1.50 bits per heavy atom. The van der Waals surface area contributed by atoms with Gasteiger partial charge in [0.25, 0.3) is 5.91 Å². The lowest BCUT2D eigenvalue weighted by atomic mass is 10.2. The quantitative estimate of drug-likeness (QED) is 0.875. The molecule has 0 aromatic carbocycles. The van der Waals surface area contributed by atoms with Crippen LogP contribution in [0.25, 0.3) is 0 Å². The van der Waals surface area contributed by atoms with Crippen LogP contribution in [0.15, 0.2) is 30.6 Å². The predicted octanol–water partition coefficient (Wildman–Crippen LogP) is 2.11. The summed E-state index contributed by atoms with van der Waals surface area (Å²) >= 11 is 0. The molecule has 0 aliphatic heterocycles. The van der Waals surface area contributed by atoms with Crippen molar-refractivity contribution in [1.29, 1.82) is 0 Å². The molecule has 1 amide bonds. The SMILES string of the molecule is CCCn1cc(N)cc1C(=O)NCc1ncccc1C. The molecule has 2 aromatic heterocycles. The van der Waals surface area contributed by atoms with Crippen molar-refractivity contribution in [1.82, 2.24) is 14.9 Å². The van der Waals surface area contributed by atoms with Crippen molar-refractivity contribution in [3.05, 3.63) is 47.5 Å². The minimum atomic E-state index is -0.125. The summed E-state index contributed by atoms with van der Waals surface area (Å²) in [6.07, 6.45) is 4.48. The fourth-order valence-electron chi connectivity index (χ4n) is 2.11. The van der Waals surface area contributed by atoms with E-state index in [4.69, 9.17) is 5.73 Å². The number of carbonyl (C=O) groups excluding carboxylic acids is 1. The topological polar surface area (TPSA) is 72.9 Å². The molecule has 20 heavy (non-hydrogen) atoms. The average molecular weight is 272 g/mol. The second-order valence-electron chi connectivity index (χ2n) is 4.80. The second kappa shape index (κ2) is 6.23. The van der Waals surface area contributed by atoms with Crippen molar-refractivity contribution in [2.45, 2.75) is 33.4 Å². The first-order valence-corrected chi connectivity index (χ1v) is 6.76. The van der Waals surface area contributed by atoms with E-state index in [1.165, 1.54) is 0 Å². The summed E-state index contributed by atoms with van der Waals surface area (Å²) in [4.78, 5) is 16.5. The molecule has 2 aromatic rings. The highest BCUT2D eigenvalue weighted by atomic mass is 16.1. The van der Waals surface area contributed by atoms with Crippen LogP contribution in [0.4, 0.5) is 5.69 Å². The van der Waals surface area contributed by atoms with Gasteiger partial charge in [-0.3, -0.25) is 9.78 Å². The summed E-state index contributed by atoms with van der Waals surface area (Å²) in [5.74, 6) is -0.125. The van der Waals surface area contributed by atoms with E-state index in [1.54, 1.807) is 18.5 Å². The highest BCUT2D eigenvalue weighted by molar-refractivity contribution is 5.93. The van der Waals surface area contributed by atoms with Crippen molar-refractivity contribution in [2.75, 3.05) is 5.73 Å². The van der Waals surface area contributed by atoms with E-state index in [1.807, 2.05) is 23.6 Å². The van der Waals surface area contributed by atoms with Gasteiger partial charge in [0.05, 0.1) is 17.9 Å². The molecule has 0 saturated heterocycles. The molecule has 0 atom stereocenters. The van der Waals surface area contributed by atoms with Gasteiger partial charge < -0.3 is 15.6 Å². The van der Waals surface area contributed by atoms with Gasteiger partial charge in [0, 0.05) is 18.9 Å². The van der Waals surface area contributed by atoms with Crippen molar-refractivity contribution >= 4 is 11.6 Å². The number of hydrogen-bond donors (Lipinski definition) is 2. The van der Waals surface area contributed by atoms with Crippen molar-refractivity contribution in [3.63, 3.8) is 0 Å². The molecule has 0 aliphatic carbocycles. The number of pyridine rings is 1. The molecule has 2 rings (SSSR count). The number of amides is 1. The van der Waals surface area contributed by atoms with Gasteiger partial charge in [-0.1, -0.05) is 13.0 Å². The number of anilines is 1. The molecule has 106 valence electrons. The van der Waals surface area contributed by atoms with Gasteiger partial charge in [0.1, 0.15) is 5.69 Å². The van der Waals surface area contributed by atoms with Crippen LogP contribution in [0.1, 0.15) is 35.1 Å². The van der Waals surface area contributed by atoms with Gasteiger partial charge in [0.2, 0.25) is 0 Å². The fourth-order valence-corrected chi connectivity index (χ4v) is 2.11. The van der Waals surface area contributed by atoms with E-state index >= 15 is 0 Å². The van der Waals surface area contributed by atoms with E-state index in [0.717, 1.165) is 24.2 Å². The highest BCUT2D eigenvalue weighted by Crippen LogP contribution is 2.12. The van der Waals surface area contributed by atoms with E-state index in [-0.39, 0.29) is 5.91 Å². The molecule has 0 radical (unpaired) electrons. The summed E-state index contributed by atoms with van der Waals surface area (Å²) in [6, 6.07) is 5.57. The zero-order valence-electron chi connectivity index (χ0n) is 11.9. The number of nitrogens with two attached hydrogens (primary N) is 1. The fraction of sp³-hybridized carbons (Fsp3) is 0.333. The first kappa shape index (κ1) is 14.1. The number of hydrogen-bond acceptors (Lipinski definition) is 3. The molecular formula is C15H20N4O.